The van der Waals surface area contributed by atoms with Crippen LogP contribution in [0.15, 0.2) is 47.8 Å². The molecule has 2 aromatic heterocycles. The van der Waals surface area contributed by atoms with Crippen LogP contribution in [0.2, 0.25) is 0 Å². The van der Waals surface area contributed by atoms with Gasteiger partial charge in [0.2, 0.25) is 0 Å². The molecule has 1 aromatic carbocycles. The number of rotatable bonds is 2. The maximum absolute atomic E-state index is 5.76. The first-order chi connectivity index (χ1) is 9.93. The Labute approximate surface area is 120 Å². The van der Waals surface area contributed by atoms with Gasteiger partial charge in [0, 0.05) is 0 Å². The maximum Gasteiger partial charge on any atom is 0.128 e. The van der Waals surface area contributed by atoms with Gasteiger partial charge in [0.1, 0.15) is 11.7 Å². The highest BCUT2D eigenvalue weighted by Crippen LogP contribution is 2.32. The molecular weight excluding hydrogens is 270 g/mol. The first-order valence-corrected chi connectivity index (χ1v) is 7.42. The molecule has 0 saturated heterocycles. The summed E-state index contributed by atoms with van der Waals surface area (Å²) >= 11 is 1.68. The molecule has 20 heavy (non-hydrogen) atoms. The molecule has 1 atom stereocenters. The number of hydrogen-bond donors (Lipinski definition) is 0. The molecular formula is C15H13N3OS. The van der Waals surface area contributed by atoms with Crippen molar-refractivity contribution in [2.45, 2.75) is 12.6 Å². The van der Waals surface area contributed by atoms with Crippen LogP contribution in [0.25, 0.3) is 10.6 Å². The second-order valence-electron chi connectivity index (χ2n) is 4.75. The van der Waals surface area contributed by atoms with Crippen LogP contribution in [0.5, 0.6) is 0 Å². The predicted octanol–water partition coefficient (Wildman–Crippen LogP) is 3.13. The molecule has 1 unspecified atom stereocenters. The van der Waals surface area contributed by atoms with Crippen molar-refractivity contribution in [3.05, 3.63) is 59.1 Å². The van der Waals surface area contributed by atoms with Gasteiger partial charge >= 0.3 is 0 Å². The second-order valence-corrected chi connectivity index (χ2v) is 5.70. The standard InChI is InChI=1S/C15H13N3OS/c1-2-5-11(6-3-1)12-9-19-10-13-15(16-17-18(12)13)14-7-4-8-20-14/h1-8,12H,9-10H2. The van der Waals surface area contributed by atoms with E-state index < -0.39 is 0 Å². The summed E-state index contributed by atoms with van der Waals surface area (Å²) in [5.41, 5.74) is 3.21. The van der Waals surface area contributed by atoms with Gasteiger partial charge < -0.3 is 4.74 Å². The van der Waals surface area contributed by atoms with Crippen LogP contribution in [0.1, 0.15) is 17.3 Å². The van der Waals surface area contributed by atoms with E-state index in [-0.39, 0.29) is 6.04 Å². The summed E-state index contributed by atoms with van der Waals surface area (Å²) in [5.74, 6) is 0. The van der Waals surface area contributed by atoms with Gasteiger partial charge in [-0.1, -0.05) is 41.6 Å². The molecule has 0 fully saturated rings. The Balaban J connectivity index is 1.80. The van der Waals surface area contributed by atoms with Crippen molar-refractivity contribution in [3.8, 4) is 10.6 Å². The normalized spacial score (nSPS) is 17.9. The lowest BCUT2D eigenvalue weighted by molar-refractivity contribution is 0.0638. The zero-order valence-corrected chi connectivity index (χ0v) is 11.6. The zero-order valence-electron chi connectivity index (χ0n) is 10.8. The minimum Gasteiger partial charge on any atom is -0.372 e. The smallest absolute Gasteiger partial charge is 0.128 e. The van der Waals surface area contributed by atoms with E-state index in [0.717, 1.165) is 16.3 Å². The van der Waals surface area contributed by atoms with Crippen molar-refractivity contribution in [1.82, 2.24) is 15.0 Å². The molecule has 5 heteroatoms. The van der Waals surface area contributed by atoms with Crippen molar-refractivity contribution >= 4 is 11.3 Å². The molecule has 1 aliphatic heterocycles. The fraction of sp³-hybridized carbons (Fsp3) is 0.200. The van der Waals surface area contributed by atoms with Crippen LogP contribution in [0.4, 0.5) is 0 Å². The Kier molecular flexibility index (Phi) is 2.86. The quantitative estimate of drug-likeness (QED) is 0.725. The summed E-state index contributed by atoms with van der Waals surface area (Å²) in [6, 6.07) is 14.5. The topological polar surface area (TPSA) is 39.9 Å². The Morgan fingerprint density at radius 1 is 1.15 bits per heavy atom. The lowest BCUT2D eigenvalue weighted by atomic mass is 10.1. The Morgan fingerprint density at radius 2 is 2.05 bits per heavy atom. The van der Waals surface area contributed by atoms with E-state index in [2.05, 4.69) is 33.9 Å². The summed E-state index contributed by atoms with van der Waals surface area (Å²) in [6.07, 6.45) is 0. The number of nitrogens with zero attached hydrogens (tertiary/aromatic N) is 3. The van der Waals surface area contributed by atoms with Gasteiger partial charge in [-0.15, -0.1) is 16.4 Å². The number of ether oxygens (including phenoxy) is 1. The van der Waals surface area contributed by atoms with Gasteiger partial charge in [-0.3, -0.25) is 0 Å². The predicted molar refractivity (Wildman–Crippen MR) is 77.6 cm³/mol. The van der Waals surface area contributed by atoms with E-state index in [1.807, 2.05) is 28.9 Å². The van der Waals surface area contributed by atoms with Crippen LogP contribution in [-0.2, 0) is 11.3 Å². The van der Waals surface area contributed by atoms with Crippen LogP contribution in [0.3, 0.4) is 0 Å². The number of aromatic nitrogens is 3. The summed E-state index contributed by atoms with van der Waals surface area (Å²) < 4.78 is 7.77. The average Bonchev–Trinajstić information content (AvgIpc) is 3.16. The minimum atomic E-state index is 0.112. The summed E-state index contributed by atoms with van der Waals surface area (Å²) in [7, 11) is 0. The third-order valence-electron chi connectivity index (χ3n) is 3.54. The molecule has 3 aromatic rings. The number of benzene rings is 1. The van der Waals surface area contributed by atoms with Gasteiger partial charge in [0.15, 0.2) is 0 Å². The highest BCUT2D eigenvalue weighted by Gasteiger charge is 2.27. The molecule has 4 rings (SSSR count). The number of hydrogen-bond acceptors (Lipinski definition) is 4. The minimum absolute atomic E-state index is 0.112. The van der Waals surface area contributed by atoms with Crippen LogP contribution < -0.4 is 0 Å². The van der Waals surface area contributed by atoms with Gasteiger partial charge in [0.05, 0.1) is 23.8 Å². The molecule has 4 nitrogen and oxygen atoms in total. The van der Waals surface area contributed by atoms with Crippen LogP contribution in [0, 0.1) is 0 Å². The number of thiophene rings is 1. The Bertz CT molecular complexity index is 706. The van der Waals surface area contributed by atoms with Gasteiger partial charge in [-0.25, -0.2) is 4.68 Å². The SMILES string of the molecule is c1ccc(C2COCc3c(-c4cccs4)nnn32)cc1. The Morgan fingerprint density at radius 3 is 2.85 bits per heavy atom. The molecule has 0 spiro atoms. The molecule has 3 heterocycles. The van der Waals surface area contributed by atoms with Crippen LogP contribution in [-0.4, -0.2) is 21.6 Å². The lowest BCUT2D eigenvalue weighted by Crippen LogP contribution is -2.25. The molecule has 0 amide bonds. The molecule has 0 N–H and O–H groups in total. The van der Waals surface area contributed by atoms with E-state index in [1.165, 1.54) is 5.56 Å². The van der Waals surface area contributed by atoms with Crippen LogP contribution >= 0.6 is 11.3 Å². The average molecular weight is 283 g/mol. The van der Waals surface area contributed by atoms with E-state index in [4.69, 9.17) is 4.74 Å². The fourth-order valence-electron chi connectivity index (χ4n) is 2.55. The first-order valence-electron chi connectivity index (χ1n) is 6.54. The fourth-order valence-corrected chi connectivity index (χ4v) is 3.28. The molecule has 1 aliphatic rings. The summed E-state index contributed by atoms with van der Waals surface area (Å²) in [5, 5.41) is 10.8. The molecule has 0 saturated carbocycles. The monoisotopic (exact) mass is 283 g/mol. The van der Waals surface area contributed by atoms with E-state index >= 15 is 0 Å². The first kappa shape index (κ1) is 11.8. The molecule has 0 radical (unpaired) electrons. The van der Waals surface area contributed by atoms with Crippen molar-refractivity contribution in [2.24, 2.45) is 0 Å². The Hall–Kier alpha value is -1.98. The molecule has 100 valence electrons. The summed E-state index contributed by atoms with van der Waals surface area (Å²) in [4.78, 5) is 1.14. The van der Waals surface area contributed by atoms with Gasteiger partial charge in [-0.2, -0.15) is 0 Å². The van der Waals surface area contributed by atoms with Crippen molar-refractivity contribution < 1.29 is 4.74 Å². The van der Waals surface area contributed by atoms with E-state index in [0.29, 0.717) is 13.2 Å². The zero-order chi connectivity index (χ0) is 13.4. The van der Waals surface area contributed by atoms with Crippen molar-refractivity contribution in [3.63, 3.8) is 0 Å². The third-order valence-corrected chi connectivity index (χ3v) is 4.42. The molecule has 0 aliphatic carbocycles. The van der Waals surface area contributed by atoms with E-state index in [1.54, 1.807) is 11.3 Å². The third kappa shape index (κ3) is 1.87. The van der Waals surface area contributed by atoms with Crippen molar-refractivity contribution in [2.75, 3.05) is 6.61 Å². The van der Waals surface area contributed by atoms with E-state index in [9.17, 15) is 0 Å². The van der Waals surface area contributed by atoms with Gasteiger partial charge in [0.25, 0.3) is 0 Å². The van der Waals surface area contributed by atoms with Crippen molar-refractivity contribution in [1.29, 1.82) is 0 Å². The number of fused-ring (bicyclic) bond motifs is 1. The lowest BCUT2D eigenvalue weighted by Gasteiger charge is -2.24. The second kappa shape index (κ2) is 4.85. The van der Waals surface area contributed by atoms with Gasteiger partial charge in [-0.05, 0) is 17.0 Å². The largest absolute Gasteiger partial charge is 0.372 e. The highest BCUT2D eigenvalue weighted by atomic mass is 32.1. The summed E-state index contributed by atoms with van der Waals surface area (Å²) in [6.45, 7) is 1.22. The molecule has 0 bridgehead atoms. The highest BCUT2D eigenvalue weighted by molar-refractivity contribution is 7.13. The maximum atomic E-state index is 5.76.